The first-order valence-electron chi connectivity index (χ1n) is 9.88. The van der Waals surface area contributed by atoms with E-state index in [2.05, 4.69) is 10.1 Å². The second-order valence-corrected chi connectivity index (χ2v) is 6.90. The molecule has 166 valence electrons. The molecule has 0 unspecified atom stereocenters. The van der Waals surface area contributed by atoms with Gasteiger partial charge in [0.1, 0.15) is 5.75 Å². The lowest BCUT2D eigenvalue weighted by Gasteiger charge is -2.16. The molecule has 7 nitrogen and oxygen atoms in total. The third-order valence-corrected chi connectivity index (χ3v) is 4.77. The molecular formula is C22H24F2N2O5. The number of nitrogens with one attached hydrogen (secondary N) is 1. The maximum atomic E-state index is 12.5. The van der Waals surface area contributed by atoms with Gasteiger partial charge in [-0.25, -0.2) is 0 Å². The molecule has 2 aromatic rings. The van der Waals surface area contributed by atoms with Gasteiger partial charge in [-0.05, 0) is 54.8 Å². The maximum Gasteiger partial charge on any atom is 0.387 e. The van der Waals surface area contributed by atoms with Crippen LogP contribution in [0.1, 0.15) is 18.4 Å². The van der Waals surface area contributed by atoms with Crippen molar-refractivity contribution in [3.05, 3.63) is 48.0 Å². The summed E-state index contributed by atoms with van der Waals surface area (Å²) < 4.78 is 39.9. The predicted octanol–water partition coefficient (Wildman–Crippen LogP) is 3.16. The molecule has 9 heteroatoms. The molecule has 1 aliphatic rings. The molecule has 1 heterocycles. The maximum absolute atomic E-state index is 12.5. The Hall–Kier alpha value is -3.36. The number of amides is 2. The van der Waals surface area contributed by atoms with Crippen molar-refractivity contribution < 1.29 is 32.6 Å². The summed E-state index contributed by atoms with van der Waals surface area (Å²) in [5.41, 5.74) is 1.53. The van der Waals surface area contributed by atoms with Crippen LogP contribution in [0.5, 0.6) is 17.2 Å². The van der Waals surface area contributed by atoms with E-state index in [9.17, 15) is 18.4 Å². The minimum Gasteiger partial charge on any atom is -0.493 e. The molecule has 0 aromatic heterocycles. The highest BCUT2D eigenvalue weighted by atomic mass is 19.3. The highest BCUT2D eigenvalue weighted by Gasteiger charge is 2.21. The number of methoxy groups -OCH3 is 1. The monoisotopic (exact) mass is 434 g/mol. The summed E-state index contributed by atoms with van der Waals surface area (Å²) in [6, 6.07) is 11.7. The summed E-state index contributed by atoms with van der Waals surface area (Å²) in [7, 11) is 1.37. The van der Waals surface area contributed by atoms with Crippen LogP contribution in [-0.2, 0) is 16.0 Å². The molecule has 0 bridgehead atoms. The molecule has 1 fully saturated rings. The fraction of sp³-hybridized carbons (Fsp3) is 0.364. The van der Waals surface area contributed by atoms with Gasteiger partial charge in [0, 0.05) is 25.2 Å². The van der Waals surface area contributed by atoms with Crippen LogP contribution in [0.4, 0.5) is 14.5 Å². The number of alkyl halides is 2. The van der Waals surface area contributed by atoms with Crippen molar-refractivity contribution in [2.45, 2.75) is 25.9 Å². The summed E-state index contributed by atoms with van der Waals surface area (Å²) in [5.74, 6) is 0.481. The van der Waals surface area contributed by atoms with E-state index >= 15 is 0 Å². The highest BCUT2D eigenvalue weighted by Crippen LogP contribution is 2.29. The van der Waals surface area contributed by atoms with Crippen molar-refractivity contribution in [3.63, 3.8) is 0 Å². The van der Waals surface area contributed by atoms with Crippen molar-refractivity contribution >= 4 is 17.5 Å². The smallest absolute Gasteiger partial charge is 0.387 e. The second-order valence-electron chi connectivity index (χ2n) is 6.90. The van der Waals surface area contributed by atoms with Gasteiger partial charge in [-0.15, -0.1) is 0 Å². The van der Waals surface area contributed by atoms with E-state index in [0.29, 0.717) is 37.2 Å². The summed E-state index contributed by atoms with van der Waals surface area (Å²) >= 11 is 0. The number of anilines is 1. The van der Waals surface area contributed by atoms with Gasteiger partial charge < -0.3 is 24.4 Å². The van der Waals surface area contributed by atoms with Crippen LogP contribution in [0.25, 0.3) is 0 Å². The minimum absolute atomic E-state index is 0.0521. The standard InChI is InChI=1S/C22H24F2N2O5/c1-29-18-9-4-15(13-19(18)31-22(23)24)10-11-25-20(27)14-30-17-7-5-16(6-8-17)26-12-2-3-21(26)28/h4-9,13,22H,2-3,10-12,14H2,1H3,(H,25,27). The van der Waals surface area contributed by atoms with E-state index < -0.39 is 6.61 Å². The Bertz CT molecular complexity index is 905. The van der Waals surface area contributed by atoms with Crippen molar-refractivity contribution in [1.82, 2.24) is 5.32 Å². The second kappa shape index (κ2) is 10.6. The first-order chi connectivity index (χ1) is 15.0. The first kappa shape index (κ1) is 22.3. The zero-order valence-corrected chi connectivity index (χ0v) is 17.1. The van der Waals surface area contributed by atoms with Crippen molar-refractivity contribution in [3.8, 4) is 17.2 Å². The lowest BCUT2D eigenvalue weighted by atomic mass is 10.1. The molecule has 0 radical (unpaired) electrons. The van der Waals surface area contributed by atoms with Crippen molar-refractivity contribution in [2.24, 2.45) is 0 Å². The van der Waals surface area contributed by atoms with Crippen LogP contribution in [0, 0.1) is 0 Å². The van der Waals surface area contributed by atoms with Crippen LogP contribution >= 0.6 is 0 Å². The molecule has 1 N–H and O–H groups in total. The van der Waals surface area contributed by atoms with Gasteiger partial charge >= 0.3 is 6.61 Å². The van der Waals surface area contributed by atoms with E-state index in [4.69, 9.17) is 9.47 Å². The zero-order valence-electron chi connectivity index (χ0n) is 17.1. The summed E-state index contributed by atoms with van der Waals surface area (Å²) in [6.45, 7) is -2.10. The van der Waals surface area contributed by atoms with Gasteiger partial charge in [0.2, 0.25) is 5.91 Å². The van der Waals surface area contributed by atoms with Crippen LogP contribution < -0.4 is 24.4 Å². The van der Waals surface area contributed by atoms with Crippen LogP contribution in [0.3, 0.4) is 0 Å². The third kappa shape index (κ3) is 6.31. The number of rotatable bonds is 10. The third-order valence-electron chi connectivity index (χ3n) is 4.77. The largest absolute Gasteiger partial charge is 0.493 e. The number of halogens is 2. The zero-order chi connectivity index (χ0) is 22.2. The fourth-order valence-corrected chi connectivity index (χ4v) is 3.25. The normalized spacial score (nSPS) is 13.4. The summed E-state index contributed by atoms with van der Waals surface area (Å²) in [5, 5.41) is 2.72. The molecule has 1 aliphatic heterocycles. The Morgan fingerprint density at radius 1 is 1.16 bits per heavy atom. The number of benzene rings is 2. The first-order valence-corrected chi connectivity index (χ1v) is 9.88. The van der Waals surface area contributed by atoms with E-state index in [1.807, 2.05) is 0 Å². The highest BCUT2D eigenvalue weighted by molar-refractivity contribution is 5.95. The lowest BCUT2D eigenvalue weighted by molar-refractivity contribution is -0.123. The quantitative estimate of drug-likeness (QED) is 0.622. The molecule has 0 aliphatic carbocycles. The van der Waals surface area contributed by atoms with E-state index in [-0.39, 0.29) is 29.9 Å². The van der Waals surface area contributed by atoms with Crippen LogP contribution in [0.2, 0.25) is 0 Å². The summed E-state index contributed by atoms with van der Waals surface area (Å²) in [6.07, 6.45) is 1.84. The molecule has 2 amide bonds. The SMILES string of the molecule is COc1ccc(CCNC(=O)COc2ccc(N3CCCC3=O)cc2)cc1OC(F)F. The minimum atomic E-state index is -2.95. The Balaban J connectivity index is 1.43. The Morgan fingerprint density at radius 3 is 2.58 bits per heavy atom. The Labute approximate surface area is 178 Å². The van der Waals surface area contributed by atoms with Gasteiger partial charge in [-0.2, -0.15) is 8.78 Å². The van der Waals surface area contributed by atoms with Gasteiger partial charge in [0.25, 0.3) is 5.91 Å². The Morgan fingerprint density at radius 2 is 1.94 bits per heavy atom. The summed E-state index contributed by atoms with van der Waals surface area (Å²) in [4.78, 5) is 25.5. The molecular weight excluding hydrogens is 410 g/mol. The number of carbonyl (C=O) groups is 2. The number of ether oxygens (including phenoxy) is 3. The number of hydrogen-bond acceptors (Lipinski definition) is 5. The molecule has 2 aromatic carbocycles. The predicted molar refractivity (Wildman–Crippen MR) is 110 cm³/mol. The van der Waals surface area contributed by atoms with E-state index in [1.54, 1.807) is 35.2 Å². The number of hydrogen-bond donors (Lipinski definition) is 1. The van der Waals surface area contributed by atoms with E-state index in [1.165, 1.54) is 19.2 Å². The van der Waals surface area contributed by atoms with Crippen molar-refractivity contribution in [2.75, 3.05) is 31.7 Å². The molecule has 0 saturated carbocycles. The lowest BCUT2D eigenvalue weighted by Crippen LogP contribution is -2.30. The molecule has 31 heavy (non-hydrogen) atoms. The topological polar surface area (TPSA) is 77.1 Å². The fourth-order valence-electron chi connectivity index (χ4n) is 3.25. The average Bonchev–Trinajstić information content (AvgIpc) is 3.18. The van der Waals surface area contributed by atoms with Gasteiger partial charge in [-0.3, -0.25) is 9.59 Å². The molecule has 3 rings (SSSR count). The molecule has 0 atom stereocenters. The van der Waals surface area contributed by atoms with Gasteiger partial charge in [0.05, 0.1) is 7.11 Å². The Kier molecular flexibility index (Phi) is 7.64. The van der Waals surface area contributed by atoms with Gasteiger partial charge in [-0.1, -0.05) is 6.07 Å². The average molecular weight is 434 g/mol. The van der Waals surface area contributed by atoms with E-state index in [0.717, 1.165) is 12.1 Å². The number of nitrogens with zero attached hydrogens (tertiary/aromatic N) is 1. The molecule has 1 saturated heterocycles. The number of carbonyl (C=O) groups excluding carboxylic acids is 2. The van der Waals surface area contributed by atoms with Gasteiger partial charge in [0.15, 0.2) is 18.1 Å². The van der Waals surface area contributed by atoms with Crippen LogP contribution in [-0.4, -0.2) is 45.2 Å². The van der Waals surface area contributed by atoms with Crippen LogP contribution in [0.15, 0.2) is 42.5 Å². The van der Waals surface area contributed by atoms with Crippen molar-refractivity contribution in [1.29, 1.82) is 0 Å². The molecule has 0 spiro atoms.